The van der Waals surface area contributed by atoms with E-state index >= 15 is 0 Å². The standard InChI is InChI=1S/C12H14F3NO3/c13-12(14,15)8-1-4-16(5-2-8)7-10-9(11(17)18)3-6-19-10/h3,6,8H,1-2,4-5,7H2,(H,17,18). The zero-order chi connectivity index (χ0) is 14.0. The molecular formula is C12H14F3NO3. The molecule has 0 saturated carbocycles. The molecular weight excluding hydrogens is 263 g/mol. The zero-order valence-corrected chi connectivity index (χ0v) is 10.1. The van der Waals surface area contributed by atoms with Gasteiger partial charge < -0.3 is 9.52 Å². The van der Waals surface area contributed by atoms with Crippen LogP contribution in [0.1, 0.15) is 29.0 Å². The van der Waals surface area contributed by atoms with Gasteiger partial charge >= 0.3 is 12.1 Å². The van der Waals surface area contributed by atoms with Gasteiger partial charge in [0.15, 0.2) is 0 Å². The van der Waals surface area contributed by atoms with Crippen molar-refractivity contribution in [1.82, 2.24) is 4.90 Å². The fraction of sp³-hybridized carbons (Fsp3) is 0.583. The van der Waals surface area contributed by atoms with Gasteiger partial charge in [-0.15, -0.1) is 0 Å². The molecule has 0 amide bonds. The lowest BCUT2D eigenvalue weighted by atomic mass is 9.96. The minimum Gasteiger partial charge on any atom is -0.478 e. The van der Waals surface area contributed by atoms with Gasteiger partial charge in [0.05, 0.1) is 18.7 Å². The van der Waals surface area contributed by atoms with Crippen molar-refractivity contribution in [3.63, 3.8) is 0 Å². The topological polar surface area (TPSA) is 53.7 Å². The predicted molar refractivity (Wildman–Crippen MR) is 59.7 cm³/mol. The molecule has 2 heterocycles. The zero-order valence-electron chi connectivity index (χ0n) is 10.1. The van der Waals surface area contributed by atoms with Gasteiger partial charge in [0.1, 0.15) is 11.3 Å². The molecule has 0 atom stereocenters. The molecule has 1 saturated heterocycles. The number of alkyl halides is 3. The molecule has 4 nitrogen and oxygen atoms in total. The van der Waals surface area contributed by atoms with Crippen LogP contribution in [0.15, 0.2) is 16.7 Å². The third-order valence-electron chi connectivity index (χ3n) is 3.39. The maximum atomic E-state index is 12.5. The van der Waals surface area contributed by atoms with E-state index in [2.05, 4.69) is 0 Å². The van der Waals surface area contributed by atoms with E-state index in [0.717, 1.165) is 0 Å². The molecule has 1 aromatic rings. The Labute approximate surface area is 107 Å². The van der Waals surface area contributed by atoms with E-state index in [1.54, 1.807) is 4.90 Å². The van der Waals surface area contributed by atoms with Crippen LogP contribution in [0.5, 0.6) is 0 Å². The lowest BCUT2D eigenvalue weighted by molar-refractivity contribution is -0.185. The van der Waals surface area contributed by atoms with Crippen molar-refractivity contribution in [2.45, 2.75) is 25.6 Å². The van der Waals surface area contributed by atoms with Crippen molar-refractivity contribution in [2.24, 2.45) is 5.92 Å². The summed E-state index contributed by atoms with van der Waals surface area (Å²) in [4.78, 5) is 12.7. The van der Waals surface area contributed by atoms with E-state index in [0.29, 0.717) is 13.1 Å². The number of nitrogens with zero attached hydrogens (tertiary/aromatic N) is 1. The molecule has 0 spiro atoms. The van der Waals surface area contributed by atoms with E-state index in [1.807, 2.05) is 0 Å². The smallest absolute Gasteiger partial charge is 0.391 e. The van der Waals surface area contributed by atoms with Crippen molar-refractivity contribution in [1.29, 1.82) is 0 Å². The summed E-state index contributed by atoms with van der Waals surface area (Å²) in [6, 6.07) is 1.35. The minimum atomic E-state index is -4.14. The number of carbonyl (C=O) groups is 1. The largest absolute Gasteiger partial charge is 0.478 e. The molecule has 106 valence electrons. The molecule has 2 rings (SSSR count). The Morgan fingerprint density at radius 1 is 1.42 bits per heavy atom. The molecule has 1 aromatic heterocycles. The Balaban J connectivity index is 1.92. The van der Waals surface area contributed by atoms with Gasteiger partial charge in [-0.3, -0.25) is 4.90 Å². The lowest BCUT2D eigenvalue weighted by Crippen LogP contribution is -2.38. The van der Waals surface area contributed by atoms with Gasteiger partial charge in [0, 0.05) is 0 Å². The number of halogens is 3. The maximum Gasteiger partial charge on any atom is 0.391 e. The Kier molecular flexibility index (Phi) is 3.84. The Morgan fingerprint density at radius 3 is 2.58 bits per heavy atom. The van der Waals surface area contributed by atoms with Crippen molar-refractivity contribution in [3.05, 3.63) is 23.7 Å². The van der Waals surface area contributed by atoms with Gasteiger partial charge in [-0.2, -0.15) is 13.2 Å². The minimum absolute atomic E-state index is 0.0482. The van der Waals surface area contributed by atoms with Crippen molar-refractivity contribution < 1.29 is 27.5 Å². The van der Waals surface area contributed by atoms with E-state index < -0.39 is 18.1 Å². The number of carboxylic acids is 1. The van der Waals surface area contributed by atoms with Crippen LogP contribution >= 0.6 is 0 Å². The van der Waals surface area contributed by atoms with E-state index in [-0.39, 0.29) is 30.7 Å². The number of furan rings is 1. The van der Waals surface area contributed by atoms with Crippen molar-refractivity contribution in [3.8, 4) is 0 Å². The number of rotatable bonds is 3. The number of carboxylic acid groups (broad SMARTS) is 1. The van der Waals surface area contributed by atoms with E-state index in [1.165, 1.54) is 12.3 Å². The molecule has 7 heteroatoms. The first-order valence-electron chi connectivity index (χ1n) is 5.96. The summed E-state index contributed by atoms with van der Waals surface area (Å²) in [5.74, 6) is -2.05. The van der Waals surface area contributed by atoms with Crippen LogP contribution in [0.2, 0.25) is 0 Å². The Hall–Kier alpha value is -1.50. The third-order valence-corrected chi connectivity index (χ3v) is 3.39. The van der Waals surface area contributed by atoms with Gasteiger partial charge in [-0.25, -0.2) is 4.79 Å². The first-order valence-corrected chi connectivity index (χ1v) is 5.96. The summed E-state index contributed by atoms with van der Waals surface area (Å²) < 4.78 is 42.6. The number of aromatic carboxylic acids is 1. The van der Waals surface area contributed by atoms with Gasteiger partial charge in [-0.05, 0) is 32.0 Å². The summed E-state index contributed by atoms with van der Waals surface area (Å²) in [6.07, 6.45) is -2.76. The Morgan fingerprint density at radius 2 is 2.05 bits per heavy atom. The van der Waals surface area contributed by atoms with Crippen LogP contribution in [0.25, 0.3) is 0 Å². The fourth-order valence-electron chi connectivity index (χ4n) is 2.28. The van der Waals surface area contributed by atoms with Gasteiger partial charge in [0.2, 0.25) is 0 Å². The molecule has 0 bridgehead atoms. The normalized spacial score (nSPS) is 18.7. The number of piperidine rings is 1. The monoisotopic (exact) mass is 277 g/mol. The number of hydrogen-bond donors (Lipinski definition) is 1. The highest BCUT2D eigenvalue weighted by atomic mass is 19.4. The van der Waals surface area contributed by atoms with Crippen LogP contribution in [-0.4, -0.2) is 35.2 Å². The summed E-state index contributed by atoms with van der Waals surface area (Å²) in [6.45, 7) is 0.826. The first-order chi connectivity index (χ1) is 8.88. The molecule has 0 unspecified atom stereocenters. The van der Waals surface area contributed by atoms with Gasteiger partial charge in [0.25, 0.3) is 0 Å². The van der Waals surface area contributed by atoms with Crippen LogP contribution in [0.4, 0.5) is 13.2 Å². The summed E-state index contributed by atoms with van der Waals surface area (Å²) in [5.41, 5.74) is 0.0675. The first kappa shape index (κ1) is 13.9. The predicted octanol–water partition coefficient (Wildman–Crippen LogP) is 2.75. The summed E-state index contributed by atoms with van der Waals surface area (Å²) >= 11 is 0. The van der Waals surface area contributed by atoms with Gasteiger partial charge in [-0.1, -0.05) is 0 Å². The highest BCUT2D eigenvalue weighted by Gasteiger charge is 2.41. The summed E-state index contributed by atoms with van der Waals surface area (Å²) in [5, 5.41) is 8.91. The van der Waals surface area contributed by atoms with Crippen LogP contribution in [0.3, 0.4) is 0 Å². The fourth-order valence-corrected chi connectivity index (χ4v) is 2.28. The lowest BCUT2D eigenvalue weighted by Gasteiger charge is -2.32. The summed E-state index contributed by atoms with van der Waals surface area (Å²) in [7, 11) is 0. The highest BCUT2D eigenvalue weighted by molar-refractivity contribution is 5.88. The van der Waals surface area contributed by atoms with Crippen molar-refractivity contribution >= 4 is 5.97 Å². The SMILES string of the molecule is O=C(O)c1ccoc1CN1CCC(C(F)(F)F)CC1. The molecule has 1 aliphatic heterocycles. The molecule has 1 N–H and O–H groups in total. The van der Waals surface area contributed by atoms with Crippen molar-refractivity contribution in [2.75, 3.05) is 13.1 Å². The number of hydrogen-bond acceptors (Lipinski definition) is 3. The highest BCUT2D eigenvalue weighted by Crippen LogP contribution is 2.34. The molecule has 1 fully saturated rings. The molecule has 0 aromatic carbocycles. The average Bonchev–Trinajstić information content (AvgIpc) is 2.77. The number of likely N-dealkylation sites (tertiary alicyclic amines) is 1. The Bertz CT molecular complexity index is 447. The molecule has 1 aliphatic rings. The van der Waals surface area contributed by atoms with E-state index in [4.69, 9.17) is 9.52 Å². The van der Waals surface area contributed by atoms with Crippen LogP contribution in [0, 0.1) is 5.92 Å². The quantitative estimate of drug-likeness (QED) is 0.923. The molecule has 19 heavy (non-hydrogen) atoms. The molecule has 0 aliphatic carbocycles. The molecule has 0 radical (unpaired) electrons. The average molecular weight is 277 g/mol. The van der Waals surface area contributed by atoms with Crippen LogP contribution < -0.4 is 0 Å². The maximum absolute atomic E-state index is 12.5. The third kappa shape index (κ3) is 3.28. The van der Waals surface area contributed by atoms with Crippen LogP contribution in [-0.2, 0) is 6.54 Å². The second-order valence-corrected chi connectivity index (χ2v) is 4.65. The second-order valence-electron chi connectivity index (χ2n) is 4.65. The van der Waals surface area contributed by atoms with E-state index in [9.17, 15) is 18.0 Å². The second kappa shape index (κ2) is 5.24.